The number of amides is 1. The summed E-state index contributed by atoms with van der Waals surface area (Å²) < 4.78 is 1.45. The Balaban J connectivity index is 2.12. The number of aromatic nitrogens is 3. The van der Waals surface area contributed by atoms with E-state index < -0.39 is 5.97 Å². The molecule has 1 heterocycles. The van der Waals surface area contributed by atoms with E-state index in [1.165, 1.54) is 17.3 Å². The van der Waals surface area contributed by atoms with Gasteiger partial charge in [-0.25, -0.2) is 9.67 Å². The number of carboxylic acids is 1. The van der Waals surface area contributed by atoms with Gasteiger partial charge in [0, 0.05) is 12.8 Å². The van der Waals surface area contributed by atoms with Crippen LogP contribution in [0.1, 0.15) is 19.3 Å². The number of para-hydroxylation sites is 1. The van der Waals surface area contributed by atoms with Gasteiger partial charge in [0.05, 0.1) is 10.7 Å². The number of benzene rings is 1. The second-order valence-corrected chi connectivity index (χ2v) is 4.68. The Hall–Kier alpha value is -2.41. The zero-order valence-corrected chi connectivity index (χ0v) is 11.7. The third-order valence-electron chi connectivity index (χ3n) is 2.70. The van der Waals surface area contributed by atoms with E-state index in [-0.39, 0.29) is 25.2 Å². The number of halogens is 1. The summed E-state index contributed by atoms with van der Waals surface area (Å²) in [6.45, 7) is 0. The Bertz CT molecular complexity index is 643. The van der Waals surface area contributed by atoms with Gasteiger partial charge in [0.15, 0.2) is 0 Å². The first-order valence-corrected chi connectivity index (χ1v) is 6.61. The largest absolute Gasteiger partial charge is 0.481 e. The van der Waals surface area contributed by atoms with Crippen molar-refractivity contribution < 1.29 is 14.7 Å². The molecule has 110 valence electrons. The smallest absolute Gasteiger partial charge is 0.303 e. The van der Waals surface area contributed by atoms with Crippen molar-refractivity contribution in [2.45, 2.75) is 19.3 Å². The average molecular weight is 309 g/mol. The van der Waals surface area contributed by atoms with Crippen molar-refractivity contribution in [2.24, 2.45) is 0 Å². The van der Waals surface area contributed by atoms with Gasteiger partial charge in [-0.1, -0.05) is 17.7 Å². The summed E-state index contributed by atoms with van der Waals surface area (Å²) in [5.41, 5.74) is 1.01. The van der Waals surface area contributed by atoms with Crippen LogP contribution in [0.15, 0.2) is 30.9 Å². The number of rotatable bonds is 6. The van der Waals surface area contributed by atoms with Crippen molar-refractivity contribution in [3.63, 3.8) is 0 Å². The van der Waals surface area contributed by atoms with Gasteiger partial charge in [0.25, 0.3) is 0 Å². The van der Waals surface area contributed by atoms with Gasteiger partial charge in [-0.2, -0.15) is 5.10 Å². The number of anilines is 1. The summed E-state index contributed by atoms with van der Waals surface area (Å²) in [5.74, 6) is -1.20. The highest BCUT2D eigenvalue weighted by Crippen LogP contribution is 2.27. The van der Waals surface area contributed by atoms with Crippen molar-refractivity contribution in [3.05, 3.63) is 35.9 Å². The first-order valence-electron chi connectivity index (χ1n) is 6.23. The molecule has 0 saturated heterocycles. The number of carbonyl (C=O) groups excluding carboxylic acids is 1. The second-order valence-electron chi connectivity index (χ2n) is 4.27. The molecule has 1 aromatic carbocycles. The van der Waals surface area contributed by atoms with Crippen LogP contribution in [-0.2, 0) is 9.59 Å². The van der Waals surface area contributed by atoms with Gasteiger partial charge in [-0.05, 0) is 18.6 Å². The van der Waals surface area contributed by atoms with E-state index in [0.29, 0.717) is 16.4 Å². The van der Waals surface area contributed by atoms with E-state index in [1.807, 2.05) is 0 Å². The highest BCUT2D eigenvalue weighted by molar-refractivity contribution is 6.33. The highest BCUT2D eigenvalue weighted by Gasteiger charge is 2.12. The minimum Gasteiger partial charge on any atom is -0.481 e. The predicted octanol–water partition coefficient (Wildman–Crippen LogP) is 2.11. The molecule has 0 spiro atoms. The molecule has 0 aliphatic rings. The van der Waals surface area contributed by atoms with Crippen molar-refractivity contribution in [2.75, 3.05) is 5.32 Å². The van der Waals surface area contributed by atoms with Gasteiger partial charge in [0.1, 0.15) is 18.3 Å². The maximum absolute atomic E-state index is 11.8. The van der Waals surface area contributed by atoms with Crippen LogP contribution in [0.2, 0.25) is 5.02 Å². The molecule has 0 aliphatic carbocycles. The van der Waals surface area contributed by atoms with Crippen LogP contribution in [0.4, 0.5) is 5.69 Å². The molecule has 2 aromatic rings. The fraction of sp³-hybridized carbons (Fsp3) is 0.231. The van der Waals surface area contributed by atoms with E-state index in [1.54, 1.807) is 18.2 Å². The number of nitrogens with one attached hydrogen (secondary N) is 1. The fourth-order valence-corrected chi connectivity index (χ4v) is 2.05. The molecule has 1 amide bonds. The lowest BCUT2D eigenvalue weighted by atomic mass is 10.2. The monoisotopic (exact) mass is 308 g/mol. The third kappa shape index (κ3) is 4.03. The first kappa shape index (κ1) is 15.0. The number of aliphatic carboxylic acids is 1. The molecule has 1 aromatic heterocycles. The zero-order valence-electron chi connectivity index (χ0n) is 11.0. The van der Waals surface area contributed by atoms with Crippen LogP contribution in [0, 0.1) is 0 Å². The minimum atomic E-state index is -0.922. The van der Waals surface area contributed by atoms with E-state index in [9.17, 15) is 9.59 Å². The fourth-order valence-electron chi connectivity index (χ4n) is 1.79. The Labute approximate surface area is 125 Å². The zero-order chi connectivity index (χ0) is 15.2. The molecule has 0 aliphatic heterocycles. The molecule has 0 unspecified atom stereocenters. The SMILES string of the molecule is O=C(O)CCCC(=O)Nc1cccc(Cl)c1-n1cncn1. The highest BCUT2D eigenvalue weighted by atomic mass is 35.5. The van der Waals surface area contributed by atoms with Crippen LogP contribution in [0.25, 0.3) is 5.69 Å². The topological polar surface area (TPSA) is 97.1 Å². The van der Waals surface area contributed by atoms with Crippen LogP contribution in [0.3, 0.4) is 0 Å². The first-order chi connectivity index (χ1) is 10.1. The number of hydrogen-bond donors (Lipinski definition) is 2. The molecular weight excluding hydrogens is 296 g/mol. The van der Waals surface area contributed by atoms with E-state index >= 15 is 0 Å². The molecule has 0 fully saturated rings. The van der Waals surface area contributed by atoms with Gasteiger partial charge >= 0.3 is 5.97 Å². The van der Waals surface area contributed by atoms with Crippen molar-refractivity contribution in [1.29, 1.82) is 0 Å². The molecule has 0 atom stereocenters. The van der Waals surface area contributed by atoms with Gasteiger partial charge in [0.2, 0.25) is 5.91 Å². The maximum Gasteiger partial charge on any atom is 0.303 e. The lowest BCUT2D eigenvalue weighted by Crippen LogP contribution is -2.14. The van der Waals surface area contributed by atoms with Crippen molar-refractivity contribution in [3.8, 4) is 5.69 Å². The standard InChI is InChI=1S/C13H13ClN4O3/c14-9-3-1-4-10(13(9)18-8-15-7-16-18)17-11(19)5-2-6-12(20)21/h1,3-4,7-8H,2,5-6H2,(H,17,19)(H,20,21). The third-order valence-corrected chi connectivity index (χ3v) is 3.01. The van der Waals surface area contributed by atoms with Crippen molar-refractivity contribution >= 4 is 29.2 Å². The number of nitrogens with zero attached hydrogens (tertiary/aromatic N) is 3. The van der Waals surface area contributed by atoms with Gasteiger partial charge in [-0.15, -0.1) is 0 Å². The lowest BCUT2D eigenvalue weighted by molar-refractivity contribution is -0.137. The Kier molecular flexibility index (Phi) is 4.89. The molecule has 0 bridgehead atoms. The number of carboxylic acid groups (broad SMARTS) is 1. The second kappa shape index (κ2) is 6.85. The minimum absolute atomic E-state index is 0.0428. The molecule has 2 rings (SSSR count). The van der Waals surface area contributed by atoms with Crippen LogP contribution >= 0.6 is 11.6 Å². The van der Waals surface area contributed by atoms with Gasteiger partial charge in [-0.3, -0.25) is 9.59 Å². The van der Waals surface area contributed by atoms with Crippen molar-refractivity contribution in [1.82, 2.24) is 14.8 Å². The van der Waals surface area contributed by atoms with Crippen LogP contribution < -0.4 is 5.32 Å². The molecule has 0 saturated carbocycles. The molecule has 21 heavy (non-hydrogen) atoms. The van der Waals surface area contributed by atoms with E-state index in [2.05, 4.69) is 15.4 Å². The summed E-state index contributed by atoms with van der Waals surface area (Å²) >= 11 is 6.13. The normalized spacial score (nSPS) is 10.3. The molecule has 8 heteroatoms. The quantitative estimate of drug-likeness (QED) is 0.852. The number of carbonyl (C=O) groups is 2. The van der Waals surface area contributed by atoms with Crippen LogP contribution in [0.5, 0.6) is 0 Å². The lowest BCUT2D eigenvalue weighted by Gasteiger charge is -2.12. The Morgan fingerprint density at radius 2 is 2.14 bits per heavy atom. The predicted molar refractivity (Wildman–Crippen MR) is 76.5 cm³/mol. The summed E-state index contributed by atoms with van der Waals surface area (Å²) in [6.07, 6.45) is 3.19. The summed E-state index contributed by atoms with van der Waals surface area (Å²) in [6, 6.07) is 5.08. The Morgan fingerprint density at radius 1 is 1.33 bits per heavy atom. The maximum atomic E-state index is 11.8. The Morgan fingerprint density at radius 3 is 2.81 bits per heavy atom. The van der Waals surface area contributed by atoms with Gasteiger partial charge < -0.3 is 10.4 Å². The van der Waals surface area contributed by atoms with E-state index in [0.717, 1.165) is 0 Å². The molecule has 2 N–H and O–H groups in total. The number of hydrogen-bond acceptors (Lipinski definition) is 4. The van der Waals surface area contributed by atoms with Crippen LogP contribution in [-0.4, -0.2) is 31.7 Å². The average Bonchev–Trinajstić information content (AvgIpc) is 2.92. The molecular formula is C13H13ClN4O3. The summed E-state index contributed by atoms with van der Waals surface area (Å²) in [4.78, 5) is 26.1. The molecule has 7 nitrogen and oxygen atoms in total. The summed E-state index contributed by atoms with van der Waals surface area (Å²) in [7, 11) is 0. The molecule has 0 radical (unpaired) electrons. The van der Waals surface area contributed by atoms with E-state index in [4.69, 9.17) is 16.7 Å². The summed E-state index contributed by atoms with van der Waals surface area (Å²) in [5, 5.41) is 15.7.